The third-order valence-electron chi connectivity index (χ3n) is 5.94. The van der Waals surface area contributed by atoms with Crippen molar-refractivity contribution in [2.75, 3.05) is 33.3 Å². The van der Waals surface area contributed by atoms with Crippen molar-refractivity contribution < 1.29 is 19.4 Å². The van der Waals surface area contributed by atoms with E-state index in [1.54, 1.807) is 43.6 Å². The number of rotatable bonds is 9. The molecule has 1 saturated heterocycles. The van der Waals surface area contributed by atoms with Crippen molar-refractivity contribution in [3.05, 3.63) is 65.0 Å². The maximum absolute atomic E-state index is 13.1. The summed E-state index contributed by atoms with van der Waals surface area (Å²) in [6, 6.07) is 9.82. The number of aromatic nitrogens is 1. The van der Waals surface area contributed by atoms with Gasteiger partial charge in [-0.15, -0.1) is 0 Å². The Morgan fingerprint density at radius 1 is 1.19 bits per heavy atom. The number of aliphatic hydroxyl groups excluding tert-OH is 1. The lowest BCUT2D eigenvalue weighted by Crippen LogP contribution is -2.33. The van der Waals surface area contributed by atoms with E-state index in [0.29, 0.717) is 23.6 Å². The monoisotopic (exact) mass is 437 g/mol. The van der Waals surface area contributed by atoms with Gasteiger partial charge in [0.15, 0.2) is 0 Å². The molecule has 3 rings (SSSR count). The van der Waals surface area contributed by atoms with Crippen LogP contribution >= 0.6 is 0 Å². The van der Waals surface area contributed by atoms with Crippen molar-refractivity contribution in [1.82, 2.24) is 14.8 Å². The Morgan fingerprint density at radius 2 is 1.94 bits per heavy atom. The number of methoxy groups -OCH3 is 1. The third-order valence-corrected chi connectivity index (χ3v) is 5.94. The quantitative estimate of drug-likeness (QED) is 0.367. The molecule has 7 nitrogen and oxygen atoms in total. The minimum absolute atomic E-state index is 0.0705. The van der Waals surface area contributed by atoms with Crippen LogP contribution in [0, 0.1) is 6.92 Å². The predicted molar refractivity (Wildman–Crippen MR) is 123 cm³/mol. The van der Waals surface area contributed by atoms with Gasteiger partial charge in [-0.2, -0.15) is 0 Å². The molecule has 7 heteroatoms. The van der Waals surface area contributed by atoms with E-state index in [1.165, 1.54) is 4.90 Å². The van der Waals surface area contributed by atoms with E-state index in [2.05, 4.69) is 23.7 Å². The van der Waals surface area contributed by atoms with E-state index in [0.717, 1.165) is 31.6 Å². The topological polar surface area (TPSA) is 83.0 Å². The summed E-state index contributed by atoms with van der Waals surface area (Å²) in [5.74, 6) is -0.808. The Morgan fingerprint density at radius 3 is 2.53 bits per heavy atom. The van der Waals surface area contributed by atoms with Gasteiger partial charge >= 0.3 is 0 Å². The van der Waals surface area contributed by atoms with Crippen molar-refractivity contribution in [3.8, 4) is 5.75 Å². The number of carbonyl (C=O) groups excluding carboxylic acids is 2. The van der Waals surface area contributed by atoms with Crippen LogP contribution in [-0.2, 0) is 9.59 Å². The summed E-state index contributed by atoms with van der Waals surface area (Å²) in [7, 11) is 1.58. The normalized spacial score (nSPS) is 17.9. The average Bonchev–Trinajstić information content (AvgIpc) is 3.06. The van der Waals surface area contributed by atoms with E-state index < -0.39 is 17.7 Å². The molecule has 1 fully saturated rings. The van der Waals surface area contributed by atoms with Crippen molar-refractivity contribution in [3.63, 3.8) is 0 Å². The fourth-order valence-electron chi connectivity index (χ4n) is 4.14. The van der Waals surface area contributed by atoms with Crippen LogP contribution in [0.15, 0.2) is 48.2 Å². The minimum atomic E-state index is -0.727. The number of aliphatic hydroxyl groups is 1. The van der Waals surface area contributed by atoms with Crippen LogP contribution < -0.4 is 4.74 Å². The molecule has 0 spiro atoms. The van der Waals surface area contributed by atoms with E-state index in [4.69, 9.17) is 4.74 Å². The van der Waals surface area contributed by atoms with Crippen LogP contribution in [-0.4, -0.2) is 64.9 Å². The predicted octanol–water partition coefficient (Wildman–Crippen LogP) is 3.55. The van der Waals surface area contributed by atoms with Gasteiger partial charge in [-0.25, -0.2) is 0 Å². The maximum atomic E-state index is 13.1. The molecule has 0 unspecified atom stereocenters. The number of hydrogen-bond donors (Lipinski definition) is 1. The molecule has 1 aromatic carbocycles. The molecule has 0 bridgehead atoms. The summed E-state index contributed by atoms with van der Waals surface area (Å²) in [5, 5.41) is 11.1. The molecule has 0 saturated carbocycles. The number of ether oxygens (including phenoxy) is 1. The Hall–Kier alpha value is -3.19. The van der Waals surface area contributed by atoms with E-state index in [-0.39, 0.29) is 11.3 Å². The molecule has 1 aliphatic rings. The van der Waals surface area contributed by atoms with E-state index >= 15 is 0 Å². The van der Waals surface area contributed by atoms with Crippen LogP contribution in [0.2, 0.25) is 0 Å². The standard InChI is InChI=1S/C25H31N3O4/c1-5-27(6-2)14-9-15-28-22(19-10-7-8-13-26-19)21(24(30)25(28)31)23(29)18-11-12-20(32-4)17(3)16-18/h7-8,10-13,16,22,29H,5-6,9,14-15H2,1-4H3/t22-/m1/s1. The summed E-state index contributed by atoms with van der Waals surface area (Å²) in [4.78, 5) is 34.3. The number of carbonyl (C=O) groups is 2. The zero-order chi connectivity index (χ0) is 23.3. The highest BCUT2D eigenvalue weighted by molar-refractivity contribution is 6.46. The zero-order valence-electron chi connectivity index (χ0n) is 19.2. The Kier molecular flexibility index (Phi) is 7.64. The first-order valence-corrected chi connectivity index (χ1v) is 11.0. The SMILES string of the molecule is CCN(CC)CCCN1C(=O)C(=O)C(=C(O)c2ccc(OC)c(C)c2)[C@H]1c1ccccn1. The molecule has 2 heterocycles. The first kappa shape index (κ1) is 23.5. The molecular formula is C25H31N3O4. The number of likely N-dealkylation sites (tertiary alicyclic amines) is 1. The third kappa shape index (κ3) is 4.67. The van der Waals surface area contributed by atoms with E-state index in [1.807, 2.05) is 13.0 Å². The van der Waals surface area contributed by atoms with Crippen LogP contribution in [0.4, 0.5) is 0 Å². The molecule has 1 aromatic heterocycles. The second-order valence-electron chi connectivity index (χ2n) is 7.81. The van der Waals surface area contributed by atoms with Gasteiger partial charge in [-0.3, -0.25) is 14.6 Å². The molecule has 0 radical (unpaired) electrons. The minimum Gasteiger partial charge on any atom is -0.507 e. The zero-order valence-corrected chi connectivity index (χ0v) is 19.2. The summed E-state index contributed by atoms with van der Waals surface area (Å²) >= 11 is 0. The fourth-order valence-corrected chi connectivity index (χ4v) is 4.14. The van der Waals surface area contributed by atoms with Gasteiger partial charge in [0.2, 0.25) is 0 Å². The first-order valence-electron chi connectivity index (χ1n) is 11.0. The number of benzene rings is 1. The lowest BCUT2D eigenvalue weighted by Gasteiger charge is -2.26. The van der Waals surface area contributed by atoms with Crippen molar-refractivity contribution in [2.45, 2.75) is 33.2 Å². The number of nitrogens with zero attached hydrogens (tertiary/aromatic N) is 3. The molecule has 170 valence electrons. The largest absolute Gasteiger partial charge is 0.507 e. The molecule has 0 aliphatic carbocycles. The molecule has 1 N–H and O–H groups in total. The number of aryl methyl sites for hydroxylation is 1. The highest BCUT2D eigenvalue weighted by atomic mass is 16.5. The Balaban J connectivity index is 2.02. The van der Waals surface area contributed by atoms with Gasteiger partial charge in [-0.1, -0.05) is 19.9 Å². The molecule has 1 aliphatic heterocycles. The summed E-state index contributed by atoms with van der Waals surface area (Å²) in [6.07, 6.45) is 2.35. The smallest absolute Gasteiger partial charge is 0.295 e. The van der Waals surface area contributed by atoms with Crippen LogP contribution in [0.5, 0.6) is 5.75 Å². The van der Waals surface area contributed by atoms with Crippen molar-refractivity contribution in [2.24, 2.45) is 0 Å². The Bertz CT molecular complexity index is 1000. The van der Waals surface area contributed by atoms with Crippen LogP contribution in [0.1, 0.15) is 43.1 Å². The molecule has 2 aromatic rings. The van der Waals surface area contributed by atoms with Gasteiger partial charge in [0, 0.05) is 18.3 Å². The maximum Gasteiger partial charge on any atom is 0.295 e. The lowest BCUT2D eigenvalue weighted by atomic mass is 9.97. The Labute approximate surface area is 189 Å². The molecule has 1 atom stereocenters. The van der Waals surface area contributed by atoms with Gasteiger partial charge in [0.1, 0.15) is 17.6 Å². The average molecular weight is 438 g/mol. The van der Waals surface area contributed by atoms with E-state index in [9.17, 15) is 14.7 Å². The fraction of sp³-hybridized carbons (Fsp3) is 0.400. The number of amides is 1. The van der Waals surface area contributed by atoms with Gasteiger partial charge < -0.3 is 19.6 Å². The number of ketones is 1. The number of pyridine rings is 1. The summed E-state index contributed by atoms with van der Waals surface area (Å²) in [5.41, 5.74) is 1.91. The van der Waals surface area contributed by atoms with Gasteiger partial charge in [0.25, 0.3) is 11.7 Å². The summed E-state index contributed by atoms with van der Waals surface area (Å²) < 4.78 is 5.29. The first-order chi connectivity index (χ1) is 15.4. The van der Waals surface area contributed by atoms with Gasteiger partial charge in [-0.05, 0) is 68.9 Å². The van der Waals surface area contributed by atoms with Gasteiger partial charge in [0.05, 0.1) is 18.4 Å². The lowest BCUT2D eigenvalue weighted by molar-refractivity contribution is -0.140. The molecule has 1 amide bonds. The second-order valence-corrected chi connectivity index (χ2v) is 7.81. The molecule has 32 heavy (non-hydrogen) atoms. The van der Waals surface area contributed by atoms with Crippen LogP contribution in [0.25, 0.3) is 5.76 Å². The van der Waals surface area contributed by atoms with Crippen molar-refractivity contribution >= 4 is 17.4 Å². The highest BCUT2D eigenvalue weighted by Gasteiger charge is 2.46. The van der Waals surface area contributed by atoms with Crippen molar-refractivity contribution in [1.29, 1.82) is 0 Å². The summed E-state index contributed by atoms with van der Waals surface area (Å²) in [6.45, 7) is 9.13. The second kappa shape index (κ2) is 10.4. The number of Topliss-reactive ketones (excluding diaryl/α,β-unsaturated/α-hetero) is 1. The molecular weight excluding hydrogens is 406 g/mol. The van der Waals surface area contributed by atoms with Crippen LogP contribution in [0.3, 0.4) is 0 Å². The highest BCUT2D eigenvalue weighted by Crippen LogP contribution is 2.39. The number of hydrogen-bond acceptors (Lipinski definition) is 6.